The number of aromatic nitrogens is 4. The van der Waals surface area contributed by atoms with E-state index in [9.17, 15) is 8.42 Å². The average molecular weight is 418 g/mol. The second kappa shape index (κ2) is 9.31. The van der Waals surface area contributed by atoms with Gasteiger partial charge >= 0.3 is 0 Å². The summed E-state index contributed by atoms with van der Waals surface area (Å²) in [6, 6.07) is 13.9. The fraction of sp³-hybridized carbons (Fsp3) is 0.316. The number of nitrogens with zero attached hydrogens (tertiary/aromatic N) is 5. The number of rotatable bonds is 9. The van der Waals surface area contributed by atoms with E-state index in [0.717, 1.165) is 22.1 Å². The highest BCUT2D eigenvalue weighted by molar-refractivity contribution is 7.99. The van der Waals surface area contributed by atoms with Crippen molar-refractivity contribution in [3.05, 3.63) is 60.4 Å². The third-order valence-electron chi connectivity index (χ3n) is 4.15. The highest BCUT2D eigenvalue weighted by Gasteiger charge is 2.16. The van der Waals surface area contributed by atoms with E-state index in [1.807, 2.05) is 30.3 Å². The van der Waals surface area contributed by atoms with Crippen LogP contribution in [0, 0.1) is 0 Å². The fourth-order valence-corrected chi connectivity index (χ4v) is 4.53. The van der Waals surface area contributed by atoms with Crippen molar-refractivity contribution in [2.45, 2.75) is 18.1 Å². The van der Waals surface area contributed by atoms with Crippen molar-refractivity contribution in [2.75, 3.05) is 25.6 Å². The first-order chi connectivity index (χ1) is 13.5. The highest BCUT2D eigenvalue weighted by atomic mass is 32.2. The molecule has 2 heterocycles. The number of benzene rings is 1. The van der Waals surface area contributed by atoms with Crippen LogP contribution in [0.25, 0.3) is 11.4 Å². The minimum absolute atomic E-state index is 0.120. The van der Waals surface area contributed by atoms with Crippen LogP contribution in [0.2, 0.25) is 0 Å². The third kappa shape index (κ3) is 5.18. The van der Waals surface area contributed by atoms with Gasteiger partial charge in [0.2, 0.25) is 10.0 Å². The Morgan fingerprint density at radius 2 is 1.86 bits per heavy atom. The van der Waals surface area contributed by atoms with Crippen LogP contribution in [-0.4, -0.2) is 58.1 Å². The van der Waals surface area contributed by atoms with Gasteiger partial charge in [0.15, 0.2) is 11.0 Å². The van der Waals surface area contributed by atoms with Gasteiger partial charge < -0.3 is 0 Å². The number of sulfonamides is 1. The number of hydrogen-bond acceptors (Lipinski definition) is 6. The van der Waals surface area contributed by atoms with E-state index in [-0.39, 0.29) is 5.75 Å². The van der Waals surface area contributed by atoms with E-state index in [1.165, 1.54) is 16.1 Å². The van der Waals surface area contributed by atoms with Crippen LogP contribution < -0.4 is 0 Å². The standard InChI is InChI=1S/C19H23N5O2S2/c1-23(2)28(25,26)13-7-12-27-19-22-21-18(17-10-6-11-20-14-17)24(19)15-16-8-4-3-5-9-16/h3-6,8-11,14H,7,12-13,15H2,1-2H3. The average Bonchev–Trinajstić information content (AvgIpc) is 3.09. The quantitative estimate of drug-likeness (QED) is 0.393. The van der Waals surface area contributed by atoms with Crippen molar-refractivity contribution in [1.82, 2.24) is 24.1 Å². The number of hydrogen-bond donors (Lipinski definition) is 0. The van der Waals surface area contributed by atoms with Gasteiger partial charge in [0, 0.05) is 37.8 Å². The van der Waals surface area contributed by atoms with Crippen LogP contribution >= 0.6 is 11.8 Å². The van der Waals surface area contributed by atoms with Crippen molar-refractivity contribution < 1.29 is 8.42 Å². The summed E-state index contributed by atoms with van der Waals surface area (Å²) in [5.74, 6) is 1.52. The minimum Gasteiger partial charge on any atom is -0.298 e. The molecule has 0 N–H and O–H groups in total. The highest BCUT2D eigenvalue weighted by Crippen LogP contribution is 2.25. The molecule has 0 bridgehead atoms. The zero-order chi connectivity index (χ0) is 20.0. The van der Waals surface area contributed by atoms with Crippen LogP contribution in [0.3, 0.4) is 0 Å². The van der Waals surface area contributed by atoms with Crippen molar-refractivity contribution in [3.63, 3.8) is 0 Å². The molecule has 0 amide bonds. The molecule has 1 aromatic carbocycles. The Bertz CT molecular complexity index is 990. The Hall–Kier alpha value is -2.23. The van der Waals surface area contributed by atoms with Gasteiger partial charge in [-0.1, -0.05) is 42.1 Å². The molecule has 0 saturated carbocycles. The van der Waals surface area contributed by atoms with Gasteiger partial charge in [-0.05, 0) is 24.1 Å². The molecule has 28 heavy (non-hydrogen) atoms. The van der Waals surface area contributed by atoms with Crippen molar-refractivity contribution in [3.8, 4) is 11.4 Å². The van der Waals surface area contributed by atoms with E-state index in [1.54, 1.807) is 26.5 Å². The third-order valence-corrected chi connectivity index (χ3v) is 7.12. The number of thioether (sulfide) groups is 1. The SMILES string of the molecule is CN(C)S(=O)(=O)CCCSc1nnc(-c2cccnc2)n1Cc1ccccc1. The summed E-state index contributed by atoms with van der Waals surface area (Å²) in [5.41, 5.74) is 2.04. The molecule has 0 radical (unpaired) electrons. The maximum atomic E-state index is 11.9. The number of pyridine rings is 1. The van der Waals surface area contributed by atoms with Crippen molar-refractivity contribution >= 4 is 21.8 Å². The first-order valence-corrected chi connectivity index (χ1v) is 11.5. The summed E-state index contributed by atoms with van der Waals surface area (Å²) in [7, 11) is -0.0708. The molecule has 7 nitrogen and oxygen atoms in total. The molecule has 148 valence electrons. The lowest BCUT2D eigenvalue weighted by molar-refractivity contribution is 0.520. The lowest BCUT2D eigenvalue weighted by atomic mass is 10.2. The molecule has 0 spiro atoms. The monoisotopic (exact) mass is 417 g/mol. The lowest BCUT2D eigenvalue weighted by Gasteiger charge is -2.12. The van der Waals surface area contributed by atoms with E-state index in [2.05, 4.69) is 31.9 Å². The molecule has 3 rings (SSSR count). The molecule has 0 aliphatic rings. The summed E-state index contributed by atoms with van der Waals surface area (Å²) in [4.78, 5) is 4.18. The van der Waals surface area contributed by atoms with Crippen LogP contribution in [-0.2, 0) is 16.6 Å². The van der Waals surface area contributed by atoms with E-state index >= 15 is 0 Å². The van der Waals surface area contributed by atoms with E-state index < -0.39 is 10.0 Å². The molecule has 0 unspecified atom stereocenters. The second-order valence-electron chi connectivity index (χ2n) is 6.42. The van der Waals surface area contributed by atoms with Gasteiger partial charge in [-0.15, -0.1) is 10.2 Å². The molecule has 0 aliphatic heterocycles. The Labute approximate surface area is 169 Å². The summed E-state index contributed by atoms with van der Waals surface area (Å²) < 4.78 is 27.1. The smallest absolute Gasteiger partial charge is 0.213 e. The van der Waals surface area contributed by atoms with E-state index in [4.69, 9.17) is 0 Å². The fourth-order valence-electron chi connectivity index (χ4n) is 2.60. The van der Waals surface area contributed by atoms with Gasteiger partial charge in [-0.2, -0.15) is 0 Å². The Balaban J connectivity index is 1.78. The second-order valence-corrected chi connectivity index (χ2v) is 9.78. The summed E-state index contributed by atoms with van der Waals surface area (Å²) in [6.45, 7) is 0.635. The minimum atomic E-state index is -3.18. The molecule has 0 saturated heterocycles. The largest absolute Gasteiger partial charge is 0.298 e. The zero-order valence-corrected chi connectivity index (χ0v) is 17.5. The molecular weight excluding hydrogens is 394 g/mol. The predicted octanol–water partition coefficient (Wildman–Crippen LogP) is 2.76. The van der Waals surface area contributed by atoms with E-state index in [0.29, 0.717) is 18.7 Å². The van der Waals surface area contributed by atoms with Gasteiger partial charge in [-0.25, -0.2) is 12.7 Å². The topological polar surface area (TPSA) is 81.0 Å². The lowest BCUT2D eigenvalue weighted by Crippen LogP contribution is -2.25. The van der Waals surface area contributed by atoms with Gasteiger partial charge in [0.25, 0.3) is 0 Å². The predicted molar refractivity (Wildman–Crippen MR) is 112 cm³/mol. The normalized spacial score (nSPS) is 11.8. The Morgan fingerprint density at radius 3 is 2.54 bits per heavy atom. The van der Waals surface area contributed by atoms with Crippen LogP contribution in [0.5, 0.6) is 0 Å². The maximum absolute atomic E-state index is 11.9. The molecule has 9 heteroatoms. The van der Waals surface area contributed by atoms with Crippen LogP contribution in [0.4, 0.5) is 0 Å². The molecule has 0 fully saturated rings. The summed E-state index contributed by atoms with van der Waals surface area (Å²) in [5, 5.41) is 9.48. The molecule has 2 aromatic heterocycles. The van der Waals surface area contributed by atoms with Gasteiger partial charge in [0.1, 0.15) is 0 Å². The molecular formula is C19H23N5O2S2. The van der Waals surface area contributed by atoms with Crippen molar-refractivity contribution in [2.24, 2.45) is 0 Å². The first-order valence-electron chi connectivity index (χ1n) is 8.88. The van der Waals surface area contributed by atoms with Gasteiger partial charge in [-0.3, -0.25) is 9.55 Å². The first kappa shape index (κ1) is 20.5. The van der Waals surface area contributed by atoms with Crippen LogP contribution in [0.15, 0.2) is 60.0 Å². The zero-order valence-electron chi connectivity index (χ0n) is 15.9. The molecule has 0 aliphatic carbocycles. The maximum Gasteiger partial charge on any atom is 0.213 e. The van der Waals surface area contributed by atoms with Crippen LogP contribution in [0.1, 0.15) is 12.0 Å². The Morgan fingerprint density at radius 1 is 1.07 bits per heavy atom. The summed E-state index contributed by atoms with van der Waals surface area (Å²) in [6.07, 6.45) is 4.04. The Kier molecular flexibility index (Phi) is 6.82. The van der Waals surface area contributed by atoms with Crippen molar-refractivity contribution in [1.29, 1.82) is 0 Å². The van der Waals surface area contributed by atoms with Gasteiger partial charge in [0.05, 0.1) is 12.3 Å². The molecule has 0 atom stereocenters. The summed E-state index contributed by atoms with van der Waals surface area (Å²) >= 11 is 1.52. The molecule has 3 aromatic rings.